The lowest BCUT2D eigenvalue weighted by molar-refractivity contribution is -0.389. The summed E-state index contributed by atoms with van der Waals surface area (Å²) in [4.78, 5) is 0. The van der Waals surface area contributed by atoms with Gasteiger partial charge in [0.2, 0.25) is 0 Å². The Morgan fingerprint density at radius 3 is 1.76 bits per heavy atom. The minimum atomic E-state index is -6.82. The normalized spacial score (nSPS) is 15.0. The molecule has 29 heavy (non-hydrogen) atoms. The van der Waals surface area contributed by atoms with Gasteiger partial charge in [-0.1, -0.05) is 12.1 Å². The van der Waals surface area contributed by atoms with E-state index in [4.69, 9.17) is 5.26 Å². The Balaban J connectivity index is 2.98. The van der Waals surface area contributed by atoms with Gasteiger partial charge in [0.25, 0.3) is 0 Å². The molecule has 2 aromatic carbocycles. The van der Waals surface area contributed by atoms with Crippen molar-refractivity contribution in [1.82, 2.24) is 0 Å². The lowest BCUT2D eigenvalue weighted by Crippen LogP contribution is -2.60. The molecule has 1 unspecified atom stereocenters. The molecule has 0 aliphatic carbocycles. The van der Waals surface area contributed by atoms with Crippen molar-refractivity contribution in [3.05, 3.63) is 54.7 Å². The van der Waals surface area contributed by atoms with Crippen LogP contribution < -0.4 is 0 Å². The fourth-order valence-electron chi connectivity index (χ4n) is 2.48. The van der Waals surface area contributed by atoms with Gasteiger partial charge in [-0.2, -0.15) is 40.4 Å². The summed E-state index contributed by atoms with van der Waals surface area (Å²) in [5.74, 6) is -6.78. The molecule has 12 heteroatoms. The van der Waals surface area contributed by atoms with Crippen molar-refractivity contribution in [3.63, 3.8) is 0 Å². The monoisotopic (exact) mass is 648 g/mol. The zero-order valence-corrected chi connectivity index (χ0v) is 17.8. The first kappa shape index (κ1) is 24.0. The van der Waals surface area contributed by atoms with Crippen molar-refractivity contribution in [2.45, 2.75) is 23.9 Å². The molecular weight excluding hydrogens is 643 g/mol. The molecule has 0 saturated carbocycles. The zero-order chi connectivity index (χ0) is 22.4. The summed E-state index contributed by atoms with van der Waals surface area (Å²) in [6.45, 7) is 0. The molecular formula is C17H5F9I2N. The molecule has 1 nitrogen and oxygen atoms in total. The van der Waals surface area contributed by atoms with Crippen molar-refractivity contribution in [1.29, 1.82) is 5.26 Å². The second-order valence-electron chi connectivity index (χ2n) is 5.64. The van der Waals surface area contributed by atoms with Crippen LogP contribution in [-0.4, -0.2) is 18.3 Å². The SMILES string of the molecule is N#Cc1ccc(-c2c(I)[c]c(I)cc2C(F)(C(F)(F)F)C(F)(F)C(F)(F)F)cc1. The van der Waals surface area contributed by atoms with Crippen LogP contribution in [0.1, 0.15) is 11.1 Å². The first-order valence-electron chi connectivity index (χ1n) is 7.20. The molecule has 1 radical (unpaired) electrons. The maximum atomic E-state index is 15.1. The van der Waals surface area contributed by atoms with Crippen LogP contribution in [0, 0.1) is 24.5 Å². The zero-order valence-electron chi connectivity index (χ0n) is 13.5. The van der Waals surface area contributed by atoms with E-state index in [9.17, 15) is 35.1 Å². The summed E-state index contributed by atoms with van der Waals surface area (Å²) < 4.78 is 121. The van der Waals surface area contributed by atoms with Gasteiger partial charge in [0, 0.05) is 24.3 Å². The standard InChI is InChI=1S/C17H5F9I2N/c18-14(16(21,22)23,15(19,20)17(24,25)26)11-5-10(27)6-12(28)13(11)9-3-1-8(7-29)2-4-9/h1-5H. The van der Waals surface area contributed by atoms with Crippen molar-refractivity contribution >= 4 is 45.2 Å². The van der Waals surface area contributed by atoms with Gasteiger partial charge in [-0.05, 0) is 68.9 Å². The number of alkyl halides is 9. The quantitative estimate of drug-likeness (QED) is 0.256. The number of hydrogen-bond donors (Lipinski definition) is 0. The Bertz CT molecular complexity index is 959. The van der Waals surface area contributed by atoms with Crippen LogP contribution in [-0.2, 0) is 5.67 Å². The van der Waals surface area contributed by atoms with E-state index in [0.717, 1.165) is 24.3 Å². The van der Waals surface area contributed by atoms with Crippen molar-refractivity contribution in [2.24, 2.45) is 0 Å². The molecule has 155 valence electrons. The van der Waals surface area contributed by atoms with E-state index in [1.54, 1.807) is 6.07 Å². The van der Waals surface area contributed by atoms with Gasteiger partial charge in [-0.3, -0.25) is 0 Å². The number of hydrogen-bond acceptors (Lipinski definition) is 1. The van der Waals surface area contributed by atoms with Crippen LogP contribution >= 0.6 is 45.2 Å². The second kappa shape index (κ2) is 7.78. The minimum Gasteiger partial charge on any atom is -0.221 e. The highest BCUT2D eigenvalue weighted by molar-refractivity contribution is 14.1. The predicted molar refractivity (Wildman–Crippen MR) is 101 cm³/mol. The summed E-state index contributed by atoms with van der Waals surface area (Å²) in [5, 5.41) is 8.79. The molecule has 0 saturated heterocycles. The van der Waals surface area contributed by atoms with E-state index in [1.165, 1.54) is 45.2 Å². The van der Waals surface area contributed by atoms with E-state index < -0.39 is 35.1 Å². The van der Waals surface area contributed by atoms with Gasteiger partial charge in [-0.25, -0.2) is 4.39 Å². The Hall–Kier alpha value is -1.24. The maximum Gasteiger partial charge on any atom is 0.457 e. The summed E-state index contributed by atoms with van der Waals surface area (Å²) in [7, 11) is 0. The fourth-order valence-corrected chi connectivity index (χ4v) is 4.47. The molecule has 0 fully saturated rings. The van der Waals surface area contributed by atoms with E-state index in [-0.39, 0.29) is 24.3 Å². The highest BCUT2D eigenvalue weighted by Gasteiger charge is 2.82. The van der Waals surface area contributed by atoms with Crippen LogP contribution in [0.4, 0.5) is 39.5 Å². The van der Waals surface area contributed by atoms with Gasteiger partial charge >= 0.3 is 23.9 Å². The molecule has 2 aromatic rings. The molecule has 0 aliphatic rings. The van der Waals surface area contributed by atoms with Gasteiger partial charge in [0.15, 0.2) is 0 Å². The molecule has 0 heterocycles. The third kappa shape index (κ3) is 4.04. The minimum absolute atomic E-state index is 0.0442. The summed E-state index contributed by atoms with van der Waals surface area (Å²) in [6, 6.07) is 8.66. The molecule has 0 bridgehead atoms. The Kier molecular flexibility index (Phi) is 6.45. The molecule has 0 N–H and O–H groups in total. The number of nitriles is 1. The number of halogens is 11. The molecule has 2 rings (SSSR count). The fraction of sp³-hybridized carbons (Fsp3) is 0.235. The Labute approximate surface area is 185 Å². The molecule has 0 spiro atoms. The molecule has 1 atom stereocenters. The van der Waals surface area contributed by atoms with Crippen molar-refractivity contribution in [3.8, 4) is 17.2 Å². The van der Waals surface area contributed by atoms with E-state index in [2.05, 4.69) is 6.07 Å². The average Bonchev–Trinajstić information content (AvgIpc) is 2.58. The summed E-state index contributed by atoms with van der Waals surface area (Å²) in [6.07, 6.45) is -13.4. The lowest BCUT2D eigenvalue weighted by atomic mass is 9.82. The number of benzene rings is 2. The van der Waals surface area contributed by atoms with Crippen LogP contribution in [0.3, 0.4) is 0 Å². The molecule has 0 amide bonds. The topological polar surface area (TPSA) is 23.8 Å². The van der Waals surface area contributed by atoms with Gasteiger partial charge in [0.1, 0.15) is 0 Å². The Morgan fingerprint density at radius 2 is 1.34 bits per heavy atom. The van der Waals surface area contributed by atoms with E-state index in [0.29, 0.717) is 0 Å². The third-order valence-electron chi connectivity index (χ3n) is 3.84. The largest absolute Gasteiger partial charge is 0.457 e. The van der Waals surface area contributed by atoms with E-state index in [1.807, 2.05) is 0 Å². The predicted octanol–water partition coefficient (Wildman–Crippen LogP) is 7.16. The molecule has 0 aliphatic heterocycles. The highest BCUT2D eigenvalue weighted by Crippen LogP contribution is 2.60. The first-order valence-corrected chi connectivity index (χ1v) is 9.36. The highest BCUT2D eigenvalue weighted by atomic mass is 127. The Morgan fingerprint density at radius 1 is 0.828 bits per heavy atom. The molecule has 0 aromatic heterocycles. The van der Waals surface area contributed by atoms with Crippen molar-refractivity contribution in [2.75, 3.05) is 0 Å². The van der Waals surface area contributed by atoms with Crippen LogP contribution in [0.5, 0.6) is 0 Å². The van der Waals surface area contributed by atoms with Crippen molar-refractivity contribution < 1.29 is 39.5 Å². The van der Waals surface area contributed by atoms with Gasteiger partial charge < -0.3 is 0 Å². The lowest BCUT2D eigenvalue weighted by Gasteiger charge is -2.37. The third-order valence-corrected chi connectivity index (χ3v) is 5.23. The number of rotatable bonds is 3. The number of nitrogens with zero attached hydrogens (tertiary/aromatic N) is 1. The summed E-state index contributed by atoms with van der Waals surface area (Å²) in [5.41, 5.74) is -9.05. The smallest absolute Gasteiger partial charge is 0.221 e. The van der Waals surface area contributed by atoms with Crippen LogP contribution in [0.25, 0.3) is 11.1 Å². The van der Waals surface area contributed by atoms with E-state index >= 15 is 4.39 Å². The summed E-state index contributed by atoms with van der Waals surface area (Å²) >= 11 is 2.70. The second-order valence-corrected chi connectivity index (χ2v) is 7.88. The van der Waals surface area contributed by atoms with Gasteiger partial charge in [0.05, 0.1) is 11.6 Å². The van der Waals surface area contributed by atoms with Crippen LogP contribution in [0.15, 0.2) is 30.3 Å². The average molecular weight is 648 g/mol. The van der Waals surface area contributed by atoms with Gasteiger partial charge in [-0.15, -0.1) is 0 Å². The maximum absolute atomic E-state index is 15.1. The van der Waals surface area contributed by atoms with Crippen LogP contribution in [0.2, 0.25) is 0 Å². The first-order chi connectivity index (χ1) is 13.1.